The summed E-state index contributed by atoms with van der Waals surface area (Å²) in [5.74, 6) is 0.254. The molecule has 0 spiro atoms. The van der Waals surface area contributed by atoms with Gasteiger partial charge in [-0.25, -0.2) is 4.39 Å². The molecule has 0 aliphatic heterocycles. The molecule has 170 valence electrons. The number of aromatic nitrogens is 3. The van der Waals surface area contributed by atoms with E-state index in [0.717, 1.165) is 36.8 Å². The first-order valence-electron chi connectivity index (χ1n) is 11.2. The fourth-order valence-corrected chi connectivity index (χ4v) is 4.88. The van der Waals surface area contributed by atoms with Crippen molar-refractivity contribution in [2.24, 2.45) is 0 Å². The van der Waals surface area contributed by atoms with Crippen LogP contribution >= 0.6 is 11.8 Å². The third kappa shape index (κ3) is 5.79. The van der Waals surface area contributed by atoms with Gasteiger partial charge in [-0.15, -0.1) is 10.2 Å². The summed E-state index contributed by atoms with van der Waals surface area (Å²) in [5, 5.41) is 22.0. The van der Waals surface area contributed by atoms with Crippen molar-refractivity contribution in [3.8, 4) is 17.5 Å². The highest BCUT2D eigenvalue weighted by atomic mass is 32.2. The Balaban J connectivity index is 1.52. The van der Waals surface area contributed by atoms with E-state index in [9.17, 15) is 14.4 Å². The van der Waals surface area contributed by atoms with Crippen LogP contribution in [-0.4, -0.2) is 32.0 Å². The summed E-state index contributed by atoms with van der Waals surface area (Å²) < 4.78 is 15.4. The minimum absolute atomic E-state index is 0.139. The van der Waals surface area contributed by atoms with E-state index < -0.39 is 5.54 Å². The molecule has 1 amide bonds. The summed E-state index contributed by atoms with van der Waals surface area (Å²) in [4.78, 5) is 12.8. The monoisotopic (exact) mass is 463 g/mol. The van der Waals surface area contributed by atoms with E-state index >= 15 is 0 Å². The lowest BCUT2D eigenvalue weighted by Gasteiger charge is -2.26. The van der Waals surface area contributed by atoms with Crippen LogP contribution in [0.25, 0.3) is 11.4 Å². The number of nitriles is 1. The van der Waals surface area contributed by atoms with Gasteiger partial charge in [0.1, 0.15) is 11.4 Å². The molecule has 8 heteroatoms. The summed E-state index contributed by atoms with van der Waals surface area (Å²) in [5.41, 5.74) is 1.04. The van der Waals surface area contributed by atoms with Gasteiger partial charge in [0.05, 0.1) is 18.4 Å². The van der Waals surface area contributed by atoms with E-state index in [0.29, 0.717) is 30.4 Å². The molecule has 1 aliphatic rings. The number of benzene rings is 2. The summed E-state index contributed by atoms with van der Waals surface area (Å²) in [6, 6.07) is 18.4. The Morgan fingerprint density at radius 2 is 1.76 bits per heavy atom. The Morgan fingerprint density at radius 1 is 1.06 bits per heavy atom. The van der Waals surface area contributed by atoms with Gasteiger partial charge in [-0.05, 0) is 42.7 Å². The molecule has 0 unspecified atom stereocenters. The van der Waals surface area contributed by atoms with Gasteiger partial charge in [0.25, 0.3) is 0 Å². The highest BCUT2D eigenvalue weighted by molar-refractivity contribution is 7.99. The standard InChI is InChI=1S/C25H26FN5OS/c26-21-12-10-20(11-13-21)23-29-30-24(31(23)16-19-8-4-3-5-9-19)33-17-22(32)28-25(18-27)14-6-1-2-7-15-25/h3-5,8-13H,1-2,6-7,14-17H2,(H,28,32). The molecule has 1 aliphatic carbocycles. The summed E-state index contributed by atoms with van der Waals surface area (Å²) in [6.07, 6.45) is 5.49. The van der Waals surface area contributed by atoms with Crippen LogP contribution in [0.4, 0.5) is 4.39 Å². The van der Waals surface area contributed by atoms with Gasteiger partial charge in [0.2, 0.25) is 5.91 Å². The van der Waals surface area contributed by atoms with Crippen LogP contribution in [-0.2, 0) is 11.3 Å². The zero-order valence-corrected chi connectivity index (χ0v) is 19.2. The normalized spacial score (nSPS) is 15.4. The largest absolute Gasteiger partial charge is 0.337 e. The SMILES string of the molecule is N#CC1(NC(=O)CSc2nnc(-c3ccc(F)cc3)n2Cc2ccccc2)CCCCCC1. The molecule has 1 N–H and O–H groups in total. The molecule has 1 saturated carbocycles. The van der Waals surface area contributed by atoms with E-state index in [-0.39, 0.29) is 17.5 Å². The molecule has 0 saturated heterocycles. The van der Waals surface area contributed by atoms with Crippen LogP contribution in [0.15, 0.2) is 59.8 Å². The van der Waals surface area contributed by atoms with Crippen molar-refractivity contribution >= 4 is 17.7 Å². The highest BCUT2D eigenvalue weighted by Crippen LogP contribution is 2.28. The van der Waals surface area contributed by atoms with E-state index in [1.54, 1.807) is 12.1 Å². The molecule has 33 heavy (non-hydrogen) atoms. The number of carbonyl (C=O) groups excluding carboxylic acids is 1. The van der Waals surface area contributed by atoms with Gasteiger partial charge < -0.3 is 5.32 Å². The van der Waals surface area contributed by atoms with E-state index in [2.05, 4.69) is 21.6 Å². The zero-order chi connectivity index (χ0) is 23.1. The number of halogens is 1. The number of thioether (sulfide) groups is 1. The van der Waals surface area contributed by atoms with Crippen molar-refractivity contribution in [3.05, 3.63) is 66.0 Å². The smallest absolute Gasteiger partial charge is 0.231 e. The average Bonchev–Trinajstić information content (AvgIpc) is 3.07. The maximum Gasteiger partial charge on any atom is 0.231 e. The number of carbonyl (C=O) groups is 1. The molecule has 1 aromatic heterocycles. The molecular formula is C25H26FN5OS. The Hall–Kier alpha value is -3.18. The lowest BCUT2D eigenvalue weighted by atomic mass is 9.92. The maximum absolute atomic E-state index is 13.4. The minimum atomic E-state index is -0.773. The number of hydrogen-bond donors (Lipinski definition) is 1. The molecular weight excluding hydrogens is 437 g/mol. The lowest BCUT2D eigenvalue weighted by molar-refractivity contribution is -0.120. The Labute approximate surface area is 197 Å². The third-order valence-corrected chi connectivity index (χ3v) is 6.85. The Bertz CT molecular complexity index is 1120. The second-order valence-corrected chi connectivity index (χ2v) is 9.27. The first kappa shape index (κ1) is 23.0. The molecule has 0 radical (unpaired) electrons. The zero-order valence-electron chi connectivity index (χ0n) is 18.3. The molecule has 4 rings (SSSR count). The maximum atomic E-state index is 13.4. The van der Waals surface area contributed by atoms with Crippen molar-refractivity contribution < 1.29 is 9.18 Å². The number of nitrogens with zero attached hydrogens (tertiary/aromatic N) is 4. The van der Waals surface area contributed by atoms with E-state index in [1.807, 2.05) is 34.9 Å². The molecule has 3 aromatic rings. The topological polar surface area (TPSA) is 83.6 Å². The molecule has 2 aromatic carbocycles. The van der Waals surface area contributed by atoms with Crippen molar-refractivity contribution in [1.82, 2.24) is 20.1 Å². The average molecular weight is 464 g/mol. The highest BCUT2D eigenvalue weighted by Gasteiger charge is 2.32. The third-order valence-electron chi connectivity index (χ3n) is 5.88. The summed E-state index contributed by atoms with van der Waals surface area (Å²) >= 11 is 1.29. The molecule has 1 heterocycles. The number of hydrogen-bond acceptors (Lipinski definition) is 5. The number of amides is 1. The van der Waals surface area contributed by atoms with Crippen LogP contribution in [0.5, 0.6) is 0 Å². The van der Waals surface area contributed by atoms with Crippen LogP contribution in [0.1, 0.15) is 44.1 Å². The van der Waals surface area contributed by atoms with E-state index in [1.165, 1.54) is 23.9 Å². The second kappa shape index (κ2) is 10.6. The van der Waals surface area contributed by atoms with Crippen LogP contribution in [0, 0.1) is 17.1 Å². The first-order chi connectivity index (χ1) is 16.1. The predicted octanol–water partition coefficient (Wildman–Crippen LogP) is 4.96. The molecule has 6 nitrogen and oxygen atoms in total. The minimum Gasteiger partial charge on any atom is -0.337 e. The van der Waals surface area contributed by atoms with Gasteiger partial charge in [0, 0.05) is 5.56 Å². The van der Waals surface area contributed by atoms with Crippen molar-refractivity contribution in [1.29, 1.82) is 5.26 Å². The van der Waals surface area contributed by atoms with Crippen LogP contribution < -0.4 is 5.32 Å². The van der Waals surface area contributed by atoms with Crippen molar-refractivity contribution in [3.63, 3.8) is 0 Å². The number of rotatable bonds is 7. The van der Waals surface area contributed by atoms with Gasteiger partial charge in [0.15, 0.2) is 11.0 Å². The van der Waals surface area contributed by atoms with Gasteiger partial charge in [-0.3, -0.25) is 9.36 Å². The van der Waals surface area contributed by atoms with Crippen molar-refractivity contribution in [2.75, 3.05) is 5.75 Å². The second-order valence-electron chi connectivity index (χ2n) is 8.33. The first-order valence-corrected chi connectivity index (χ1v) is 12.2. The predicted molar refractivity (Wildman–Crippen MR) is 126 cm³/mol. The van der Waals surface area contributed by atoms with Gasteiger partial charge in [-0.2, -0.15) is 5.26 Å². The van der Waals surface area contributed by atoms with Gasteiger partial charge in [-0.1, -0.05) is 67.8 Å². The Morgan fingerprint density at radius 3 is 2.42 bits per heavy atom. The molecule has 0 bridgehead atoms. The van der Waals surface area contributed by atoms with Crippen molar-refractivity contribution in [2.45, 2.75) is 55.8 Å². The van der Waals surface area contributed by atoms with Gasteiger partial charge >= 0.3 is 0 Å². The fourth-order valence-electron chi connectivity index (χ4n) is 4.15. The Kier molecular flexibility index (Phi) is 7.40. The number of nitrogens with one attached hydrogen (secondary N) is 1. The van der Waals surface area contributed by atoms with Crippen LogP contribution in [0.2, 0.25) is 0 Å². The summed E-state index contributed by atoms with van der Waals surface area (Å²) in [7, 11) is 0. The summed E-state index contributed by atoms with van der Waals surface area (Å²) in [6.45, 7) is 0.520. The molecule has 0 atom stereocenters. The fraction of sp³-hybridized carbons (Fsp3) is 0.360. The molecule has 1 fully saturated rings. The van der Waals surface area contributed by atoms with Crippen LogP contribution in [0.3, 0.4) is 0 Å². The lowest BCUT2D eigenvalue weighted by Crippen LogP contribution is -2.47. The quantitative estimate of drug-likeness (QED) is 0.396. The van der Waals surface area contributed by atoms with E-state index in [4.69, 9.17) is 0 Å².